The van der Waals surface area contributed by atoms with E-state index in [0.717, 1.165) is 14.9 Å². The van der Waals surface area contributed by atoms with E-state index in [1.807, 2.05) is 12.1 Å². The molecule has 0 aliphatic rings. The summed E-state index contributed by atoms with van der Waals surface area (Å²) < 4.78 is 11.1. The number of hydrogen-bond acceptors (Lipinski definition) is 4. The van der Waals surface area contributed by atoms with Crippen LogP contribution >= 0.6 is 22.6 Å². The number of halogens is 1. The van der Waals surface area contributed by atoms with Crippen molar-refractivity contribution in [3.8, 4) is 5.75 Å². The molecule has 2 aromatic rings. The average molecular weight is 425 g/mol. The lowest BCUT2D eigenvalue weighted by atomic mass is 10.1. The van der Waals surface area contributed by atoms with Crippen molar-refractivity contribution in [3.63, 3.8) is 0 Å². The van der Waals surface area contributed by atoms with Gasteiger partial charge in [0.2, 0.25) is 0 Å². The number of nitrogens with one attached hydrogen (secondary N) is 1. The number of carbonyl (C=O) groups is 2. The van der Waals surface area contributed by atoms with Crippen molar-refractivity contribution in [1.29, 1.82) is 0 Å². The fourth-order valence-corrected chi connectivity index (χ4v) is 2.20. The lowest BCUT2D eigenvalue weighted by molar-refractivity contribution is -0.146. The Morgan fingerprint density at radius 3 is 2.30 bits per heavy atom. The molecule has 1 N–H and O–H groups in total. The largest absolute Gasteiger partial charge is 0.497 e. The molecule has 0 unspecified atom stereocenters. The molecule has 5 nitrogen and oxygen atoms in total. The summed E-state index contributed by atoms with van der Waals surface area (Å²) in [7, 11) is 1.58. The summed E-state index contributed by atoms with van der Waals surface area (Å²) in [5, 5.41) is 2.67. The minimum absolute atomic E-state index is 0.112. The molecule has 0 heterocycles. The number of rotatable bonds is 6. The quantitative estimate of drug-likeness (QED) is 0.571. The molecule has 0 radical (unpaired) electrons. The molecule has 0 aromatic heterocycles. The summed E-state index contributed by atoms with van der Waals surface area (Å²) in [6.07, 6.45) is 0.112. The third-order valence-electron chi connectivity index (χ3n) is 3.00. The maximum absolute atomic E-state index is 11.7. The van der Waals surface area contributed by atoms with Gasteiger partial charge < -0.3 is 14.8 Å². The highest BCUT2D eigenvalue weighted by Gasteiger charge is 2.09. The van der Waals surface area contributed by atoms with Gasteiger partial charge in [-0.15, -0.1) is 0 Å². The molecule has 120 valence electrons. The normalized spacial score (nSPS) is 10.0. The second-order valence-electron chi connectivity index (χ2n) is 4.74. The fourth-order valence-electron chi connectivity index (χ4n) is 1.84. The molecule has 2 aromatic carbocycles. The van der Waals surface area contributed by atoms with Crippen molar-refractivity contribution in [3.05, 3.63) is 57.7 Å². The highest BCUT2D eigenvalue weighted by molar-refractivity contribution is 14.1. The molecule has 6 heteroatoms. The number of hydrogen-bond donors (Lipinski definition) is 1. The molecule has 1 amide bonds. The maximum atomic E-state index is 11.7. The van der Waals surface area contributed by atoms with Crippen LogP contribution in [0.4, 0.5) is 5.69 Å². The van der Waals surface area contributed by atoms with Gasteiger partial charge in [0.15, 0.2) is 6.61 Å². The van der Waals surface area contributed by atoms with Crippen LogP contribution < -0.4 is 10.1 Å². The lowest BCUT2D eigenvalue weighted by Gasteiger charge is -2.07. The Bertz CT molecular complexity index is 668. The van der Waals surface area contributed by atoms with Crippen molar-refractivity contribution < 1.29 is 19.1 Å². The molecule has 0 aliphatic carbocycles. The van der Waals surface area contributed by atoms with E-state index in [9.17, 15) is 9.59 Å². The Morgan fingerprint density at radius 1 is 1.04 bits per heavy atom. The molecule has 0 bridgehead atoms. The summed E-state index contributed by atoms with van der Waals surface area (Å²) in [4.78, 5) is 23.5. The van der Waals surface area contributed by atoms with E-state index in [4.69, 9.17) is 9.47 Å². The van der Waals surface area contributed by atoms with Crippen molar-refractivity contribution in [1.82, 2.24) is 0 Å². The van der Waals surface area contributed by atoms with E-state index in [1.54, 1.807) is 43.5 Å². The van der Waals surface area contributed by atoms with Gasteiger partial charge in [-0.05, 0) is 64.6 Å². The number of anilines is 1. The summed E-state index contributed by atoms with van der Waals surface area (Å²) in [5.74, 6) is -0.0961. The zero-order valence-electron chi connectivity index (χ0n) is 12.5. The van der Waals surface area contributed by atoms with Gasteiger partial charge in [0.25, 0.3) is 5.91 Å². The van der Waals surface area contributed by atoms with E-state index < -0.39 is 5.97 Å². The second-order valence-corrected chi connectivity index (χ2v) is 5.99. The standard InChI is InChI=1S/C17H16INO4/c1-22-15-8-2-12(3-9-15)10-17(21)23-11-16(20)19-14-6-4-13(18)5-7-14/h2-9H,10-11H2,1H3,(H,19,20). The van der Waals surface area contributed by atoms with E-state index in [-0.39, 0.29) is 18.9 Å². The Kier molecular flexibility index (Phi) is 6.40. The van der Waals surface area contributed by atoms with Gasteiger partial charge in [-0.2, -0.15) is 0 Å². The smallest absolute Gasteiger partial charge is 0.310 e. The summed E-state index contributed by atoms with van der Waals surface area (Å²) in [5.41, 5.74) is 1.47. The third kappa shape index (κ3) is 5.90. The first-order chi connectivity index (χ1) is 11.1. The molecule has 0 saturated carbocycles. The number of amides is 1. The summed E-state index contributed by atoms with van der Waals surface area (Å²) >= 11 is 2.18. The molecule has 0 fully saturated rings. The van der Waals surface area contributed by atoms with Crippen LogP contribution in [-0.4, -0.2) is 25.6 Å². The predicted molar refractivity (Wildman–Crippen MR) is 95.4 cm³/mol. The average Bonchev–Trinajstić information content (AvgIpc) is 2.56. The first kappa shape index (κ1) is 17.3. The highest BCUT2D eigenvalue weighted by Crippen LogP contribution is 2.12. The van der Waals surface area contributed by atoms with Crippen molar-refractivity contribution in [2.24, 2.45) is 0 Å². The second kappa shape index (κ2) is 8.52. The predicted octanol–water partition coefficient (Wildman–Crippen LogP) is 3.02. The topological polar surface area (TPSA) is 64.6 Å². The van der Waals surface area contributed by atoms with Crippen molar-refractivity contribution in [2.45, 2.75) is 6.42 Å². The number of carbonyl (C=O) groups excluding carboxylic acids is 2. The Morgan fingerprint density at radius 2 is 1.70 bits per heavy atom. The minimum atomic E-state index is -0.451. The van der Waals surface area contributed by atoms with Gasteiger partial charge >= 0.3 is 5.97 Å². The van der Waals surface area contributed by atoms with E-state index in [2.05, 4.69) is 27.9 Å². The zero-order valence-corrected chi connectivity index (χ0v) is 14.7. The first-order valence-corrected chi connectivity index (χ1v) is 7.98. The molecule has 2 rings (SSSR count). The van der Waals surface area contributed by atoms with Crippen LogP contribution in [0.2, 0.25) is 0 Å². The molecule has 0 saturated heterocycles. The fraction of sp³-hybridized carbons (Fsp3) is 0.176. The Labute approximate surface area is 148 Å². The van der Waals surface area contributed by atoms with Gasteiger partial charge in [0, 0.05) is 9.26 Å². The van der Waals surface area contributed by atoms with E-state index in [1.165, 1.54) is 0 Å². The summed E-state index contributed by atoms with van der Waals surface area (Å²) in [6, 6.07) is 14.4. The van der Waals surface area contributed by atoms with Gasteiger partial charge in [0.05, 0.1) is 13.5 Å². The van der Waals surface area contributed by atoms with Crippen LogP contribution in [-0.2, 0) is 20.7 Å². The van der Waals surface area contributed by atoms with E-state index in [0.29, 0.717) is 5.69 Å². The number of methoxy groups -OCH3 is 1. The monoisotopic (exact) mass is 425 g/mol. The SMILES string of the molecule is COc1ccc(CC(=O)OCC(=O)Nc2ccc(I)cc2)cc1. The van der Waals surface area contributed by atoms with Gasteiger partial charge in [-0.3, -0.25) is 9.59 Å². The van der Waals surface area contributed by atoms with Gasteiger partial charge in [0.1, 0.15) is 5.75 Å². The molecule has 23 heavy (non-hydrogen) atoms. The minimum Gasteiger partial charge on any atom is -0.497 e. The van der Waals surface area contributed by atoms with Crippen LogP contribution in [0.25, 0.3) is 0 Å². The van der Waals surface area contributed by atoms with Crippen LogP contribution in [0, 0.1) is 3.57 Å². The van der Waals surface area contributed by atoms with Gasteiger partial charge in [-0.25, -0.2) is 0 Å². The van der Waals surface area contributed by atoms with E-state index >= 15 is 0 Å². The Balaban J connectivity index is 1.76. The van der Waals surface area contributed by atoms with Gasteiger partial charge in [-0.1, -0.05) is 12.1 Å². The molecule has 0 atom stereocenters. The molecule has 0 aliphatic heterocycles. The highest BCUT2D eigenvalue weighted by atomic mass is 127. The molecular weight excluding hydrogens is 409 g/mol. The number of benzene rings is 2. The lowest BCUT2D eigenvalue weighted by Crippen LogP contribution is -2.21. The van der Waals surface area contributed by atoms with Crippen molar-refractivity contribution >= 4 is 40.2 Å². The van der Waals surface area contributed by atoms with Crippen LogP contribution in [0.1, 0.15) is 5.56 Å². The summed E-state index contributed by atoms with van der Waals surface area (Å²) in [6.45, 7) is -0.305. The first-order valence-electron chi connectivity index (χ1n) is 6.91. The van der Waals surface area contributed by atoms with Crippen LogP contribution in [0.3, 0.4) is 0 Å². The molecule has 0 spiro atoms. The van der Waals surface area contributed by atoms with Crippen molar-refractivity contribution in [2.75, 3.05) is 19.0 Å². The number of ether oxygens (including phenoxy) is 2. The van der Waals surface area contributed by atoms with Crippen LogP contribution in [0.5, 0.6) is 5.75 Å². The maximum Gasteiger partial charge on any atom is 0.310 e. The third-order valence-corrected chi connectivity index (χ3v) is 3.72. The number of esters is 1. The molecular formula is C17H16INO4. The zero-order chi connectivity index (χ0) is 16.7. The Hall–Kier alpha value is -2.09. The van der Waals surface area contributed by atoms with Crippen LogP contribution in [0.15, 0.2) is 48.5 Å².